The van der Waals surface area contributed by atoms with Crippen LogP contribution >= 0.6 is 0 Å². The van der Waals surface area contributed by atoms with Crippen LogP contribution in [0.25, 0.3) is 21.9 Å². The summed E-state index contributed by atoms with van der Waals surface area (Å²) in [5.74, 6) is 1.13. The molecule has 0 fully saturated rings. The molecular formula is C24H22N6O4. The van der Waals surface area contributed by atoms with E-state index in [1.165, 1.54) is 10.9 Å². The summed E-state index contributed by atoms with van der Waals surface area (Å²) in [6.07, 6.45) is 1.46. The molecule has 2 aromatic carbocycles. The lowest BCUT2D eigenvalue weighted by molar-refractivity contribution is -0.116. The van der Waals surface area contributed by atoms with E-state index in [-0.39, 0.29) is 24.6 Å². The van der Waals surface area contributed by atoms with Gasteiger partial charge in [-0.05, 0) is 38.1 Å². The molecular weight excluding hydrogens is 436 g/mol. The maximum absolute atomic E-state index is 13.5. The zero-order valence-corrected chi connectivity index (χ0v) is 18.9. The zero-order chi connectivity index (χ0) is 23.8. The Labute approximate surface area is 193 Å². The van der Waals surface area contributed by atoms with Crippen molar-refractivity contribution in [3.05, 3.63) is 76.4 Å². The van der Waals surface area contributed by atoms with Crippen LogP contribution in [0.5, 0.6) is 5.75 Å². The molecule has 0 aliphatic carbocycles. The van der Waals surface area contributed by atoms with Crippen molar-refractivity contribution in [3.63, 3.8) is 0 Å². The predicted molar refractivity (Wildman–Crippen MR) is 126 cm³/mol. The molecule has 1 N–H and O–H groups in total. The molecule has 3 heterocycles. The number of hydrogen-bond acceptors (Lipinski definition) is 7. The van der Waals surface area contributed by atoms with Crippen molar-refractivity contribution in [3.8, 4) is 5.75 Å². The third-order valence-corrected chi connectivity index (χ3v) is 5.51. The number of fused-ring (bicyclic) bond motifs is 3. The van der Waals surface area contributed by atoms with E-state index in [9.17, 15) is 9.59 Å². The van der Waals surface area contributed by atoms with Crippen LogP contribution in [-0.2, 0) is 17.9 Å². The number of aryl methyl sites for hydroxylation is 2. The summed E-state index contributed by atoms with van der Waals surface area (Å²) < 4.78 is 13.5. The number of nitrogens with zero attached hydrogens (tertiary/aromatic N) is 5. The Kier molecular flexibility index (Phi) is 5.33. The third kappa shape index (κ3) is 3.90. The number of hydrogen-bond donors (Lipinski definition) is 1. The second-order valence-corrected chi connectivity index (χ2v) is 8.00. The lowest BCUT2D eigenvalue weighted by atomic mass is 10.1. The van der Waals surface area contributed by atoms with Gasteiger partial charge in [0.05, 0.1) is 19.0 Å². The molecule has 0 aliphatic heterocycles. The number of aromatic nitrogens is 5. The van der Waals surface area contributed by atoms with Crippen molar-refractivity contribution in [2.75, 3.05) is 12.4 Å². The van der Waals surface area contributed by atoms with Crippen LogP contribution < -0.4 is 15.6 Å². The highest BCUT2D eigenvalue weighted by molar-refractivity contribution is 6.06. The lowest BCUT2D eigenvalue weighted by Crippen LogP contribution is -2.25. The fourth-order valence-electron chi connectivity index (χ4n) is 3.99. The van der Waals surface area contributed by atoms with Crippen molar-refractivity contribution in [1.29, 1.82) is 0 Å². The van der Waals surface area contributed by atoms with Gasteiger partial charge in [-0.2, -0.15) is 4.98 Å². The second kappa shape index (κ2) is 8.47. The van der Waals surface area contributed by atoms with E-state index in [0.29, 0.717) is 34.2 Å². The standard InChI is InChI=1S/C24H22N6O4/c1-14-7-8-19-18(9-14)22-23(24(32)29(13-25-22)12-21-26-15(2)28-34-21)30(19)11-20(31)27-16-5-4-6-17(10-16)33-3/h4-10,13H,11-12H2,1-3H3,(H,27,31). The first-order chi connectivity index (χ1) is 16.4. The van der Waals surface area contributed by atoms with Crippen molar-refractivity contribution in [1.82, 2.24) is 24.3 Å². The molecule has 34 heavy (non-hydrogen) atoms. The van der Waals surface area contributed by atoms with Gasteiger partial charge in [-0.25, -0.2) is 4.98 Å². The van der Waals surface area contributed by atoms with Gasteiger partial charge in [0.2, 0.25) is 11.8 Å². The number of rotatable bonds is 6. The molecule has 0 atom stereocenters. The monoisotopic (exact) mass is 458 g/mol. The molecule has 0 radical (unpaired) electrons. The number of amides is 1. The minimum atomic E-state index is -0.302. The molecule has 1 amide bonds. The Morgan fingerprint density at radius 3 is 2.79 bits per heavy atom. The van der Waals surface area contributed by atoms with E-state index in [2.05, 4.69) is 20.4 Å². The molecule has 10 heteroatoms. The molecule has 0 unspecified atom stereocenters. The predicted octanol–water partition coefficient (Wildman–Crippen LogP) is 3.05. The van der Waals surface area contributed by atoms with Gasteiger partial charge < -0.3 is 19.1 Å². The third-order valence-electron chi connectivity index (χ3n) is 5.51. The molecule has 0 saturated carbocycles. The van der Waals surface area contributed by atoms with Crippen LogP contribution in [0.3, 0.4) is 0 Å². The summed E-state index contributed by atoms with van der Waals surface area (Å²) >= 11 is 0. The Morgan fingerprint density at radius 1 is 1.18 bits per heavy atom. The Balaban J connectivity index is 1.58. The molecule has 172 valence electrons. The number of methoxy groups -OCH3 is 1. The van der Waals surface area contributed by atoms with Crippen LogP contribution in [0.1, 0.15) is 17.3 Å². The van der Waals surface area contributed by atoms with E-state index in [4.69, 9.17) is 9.26 Å². The lowest BCUT2D eigenvalue weighted by Gasteiger charge is -2.10. The number of carbonyl (C=O) groups excluding carboxylic acids is 1. The first-order valence-corrected chi connectivity index (χ1v) is 10.6. The van der Waals surface area contributed by atoms with Crippen LogP contribution in [0.2, 0.25) is 0 Å². The smallest absolute Gasteiger partial charge is 0.278 e. The van der Waals surface area contributed by atoms with E-state index >= 15 is 0 Å². The summed E-state index contributed by atoms with van der Waals surface area (Å²) in [7, 11) is 1.56. The number of ether oxygens (including phenoxy) is 1. The van der Waals surface area contributed by atoms with Crippen molar-refractivity contribution < 1.29 is 14.1 Å². The van der Waals surface area contributed by atoms with Gasteiger partial charge in [-0.3, -0.25) is 14.2 Å². The highest BCUT2D eigenvalue weighted by atomic mass is 16.5. The molecule has 5 aromatic rings. The quantitative estimate of drug-likeness (QED) is 0.416. The van der Waals surface area contributed by atoms with Crippen molar-refractivity contribution >= 4 is 33.5 Å². The van der Waals surface area contributed by atoms with Crippen molar-refractivity contribution in [2.24, 2.45) is 0 Å². The van der Waals surface area contributed by atoms with Gasteiger partial charge in [0.15, 0.2) is 5.82 Å². The molecule has 5 rings (SSSR count). The number of benzene rings is 2. The molecule has 10 nitrogen and oxygen atoms in total. The Bertz CT molecular complexity index is 1600. The first-order valence-electron chi connectivity index (χ1n) is 10.6. The van der Waals surface area contributed by atoms with Gasteiger partial charge in [-0.1, -0.05) is 22.9 Å². The van der Waals surface area contributed by atoms with Crippen LogP contribution in [0, 0.1) is 13.8 Å². The normalized spacial score (nSPS) is 11.3. The van der Waals surface area contributed by atoms with Crippen LogP contribution in [0.4, 0.5) is 5.69 Å². The van der Waals surface area contributed by atoms with Gasteiger partial charge in [0.1, 0.15) is 29.9 Å². The first kappa shape index (κ1) is 21.4. The van der Waals surface area contributed by atoms with Crippen LogP contribution in [0.15, 0.2) is 58.1 Å². The fraction of sp³-hybridized carbons (Fsp3) is 0.208. The van der Waals surface area contributed by atoms with Gasteiger partial charge in [-0.15, -0.1) is 0 Å². The topological polar surface area (TPSA) is 117 Å². The summed E-state index contributed by atoms with van der Waals surface area (Å²) in [6, 6.07) is 12.9. The van der Waals surface area contributed by atoms with Gasteiger partial charge in [0, 0.05) is 17.1 Å². The Hall–Kier alpha value is -4.47. The summed E-state index contributed by atoms with van der Waals surface area (Å²) in [4.78, 5) is 35.2. The minimum absolute atomic E-state index is 0.0686. The summed E-state index contributed by atoms with van der Waals surface area (Å²) in [5, 5.41) is 7.45. The van der Waals surface area contributed by atoms with E-state index in [1.807, 2.05) is 25.1 Å². The maximum Gasteiger partial charge on any atom is 0.278 e. The molecule has 0 bridgehead atoms. The zero-order valence-electron chi connectivity index (χ0n) is 18.9. The highest BCUT2D eigenvalue weighted by Gasteiger charge is 2.19. The van der Waals surface area contributed by atoms with Gasteiger partial charge in [0.25, 0.3) is 5.56 Å². The number of carbonyl (C=O) groups is 1. The average Bonchev–Trinajstić information content (AvgIpc) is 3.36. The second-order valence-electron chi connectivity index (χ2n) is 8.00. The summed E-state index contributed by atoms with van der Waals surface area (Å²) in [5.41, 5.74) is 2.94. The molecule has 0 saturated heterocycles. The summed E-state index contributed by atoms with van der Waals surface area (Å²) in [6.45, 7) is 3.69. The van der Waals surface area contributed by atoms with E-state index < -0.39 is 0 Å². The van der Waals surface area contributed by atoms with E-state index in [1.54, 1.807) is 42.9 Å². The van der Waals surface area contributed by atoms with E-state index in [0.717, 1.165) is 16.5 Å². The molecule has 0 spiro atoms. The maximum atomic E-state index is 13.5. The average molecular weight is 458 g/mol. The van der Waals surface area contributed by atoms with Crippen LogP contribution in [-0.4, -0.2) is 37.3 Å². The molecule has 0 aliphatic rings. The number of nitrogens with one attached hydrogen (secondary N) is 1. The largest absolute Gasteiger partial charge is 0.497 e. The SMILES string of the molecule is COc1cccc(NC(=O)Cn2c3ccc(C)cc3c3ncn(Cc4nc(C)no4)c(=O)c32)c1. The fourth-order valence-corrected chi connectivity index (χ4v) is 3.99. The number of anilines is 1. The highest BCUT2D eigenvalue weighted by Crippen LogP contribution is 2.27. The minimum Gasteiger partial charge on any atom is -0.497 e. The van der Waals surface area contributed by atoms with Crippen molar-refractivity contribution in [2.45, 2.75) is 26.9 Å². The Morgan fingerprint density at radius 2 is 2.03 bits per heavy atom. The van der Waals surface area contributed by atoms with Gasteiger partial charge >= 0.3 is 0 Å². The molecule has 3 aromatic heterocycles.